The zero-order chi connectivity index (χ0) is 26.3. The molecule has 2 aromatic carbocycles. The van der Waals surface area contributed by atoms with Crippen LogP contribution in [0.1, 0.15) is 25.7 Å². The molecular weight excluding hydrogens is 500 g/mol. The van der Waals surface area contributed by atoms with Crippen LogP contribution in [-0.4, -0.2) is 66.6 Å². The van der Waals surface area contributed by atoms with Crippen LogP contribution in [0.15, 0.2) is 59.8 Å². The molecule has 37 heavy (non-hydrogen) atoms. The number of hydrogen-bond donors (Lipinski definition) is 6. The first kappa shape index (κ1) is 26.5. The summed E-state index contributed by atoms with van der Waals surface area (Å²) in [6.45, 7) is 0.331. The highest BCUT2D eigenvalue weighted by molar-refractivity contribution is 7.89. The van der Waals surface area contributed by atoms with E-state index in [1.165, 1.54) is 6.07 Å². The summed E-state index contributed by atoms with van der Waals surface area (Å²) < 4.78 is 28.2. The molecule has 2 heterocycles. The minimum Gasteiger partial charge on any atom is -0.480 e. The molecule has 1 amide bonds. The molecule has 3 aromatic rings. The van der Waals surface area contributed by atoms with E-state index in [0.717, 1.165) is 31.8 Å². The number of fused-ring (bicyclic) bond motifs is 1. The molecule has 0 spiro atoms. The standard InChI is InChI=1S/C24H30N6O6S/c31-22(20-14-17(29-36-20)8-3-4-11-25-24-26-12-13-27-24)28-15-19(23(32)33)30-37(34,35)21-10-5-7-16-6-1-2-9-18(16)21/h1-2,5-7,9-10,12-13,17,19-20,29-30H,3-4,8,11,14-15H2,(H,28,31)(H,32,33)(H2,25,26,27). The summed E-state index contributed by atoms with van der Waals surface area (Å²) in [6.07, 6.45) is 5.66. The number of sulfonamides is 1. The van der Waals surface area contributed by atoms with E-state index in [4.69, 9.17) is 4.84 Å². The zero-order valence-corrected chi connectivity index (χ0v) is 20.8. The molecule has 0 radical (unpaired) electrons. The van der Waals surface area contributed by atoms with Crippen LogP contribution in [0.4, 0.5) is 5.95 Å². The number of hydroxylamine groups is 1. The molecule has 1 aliphatic rings. The number of benzene rings is 2. The number of aromatic amines is 1. The van der Waals surface area contributed by atoms with Crippen molar-refractivity contribution in [2.24, 2.45) is 0 Å². The third kappa shape index (κ3) is 7.04. The Balaban J connectivity index is 1.24. The van der Waals surface area contributed by atoms with Gasteiger partial charge < -0.3 is 20.7 Å². The molecule has 1 fully saturated rings. The van der Waals surface area contributed by atoms with Gasteiger partial charge in [0.1, 0.15) is 6.04 Å². The maximum Gasteiger partial charge on any atom is 0.323 e. The Bertz CT molecular complexity index is 1310. The van der Waals surface area contributed by atoms with Crippen LogP contribution in [0.5, 0.6) is 0 Å². The van der Waals surface area contributed by atoms with Crippen molar-refractivity contribution in [1.29, 1.82) is 0 Å². The first-order valence-electron chi connectivity index (χ1n) is 12.0. The molecule has 12 nitrogen and oxygen atoms in total. The average Bonchev–Trinajstić information content (AvgIpc) is 3.58. The molecule has 13 heteroatoms. The molecule has 0 aliphatic carbocycles. The van der Waals surface area contributed by atoms with Gasteiger partial charge in [-0.05, 0) is 24.3 Å². The second-order valence-electron chi connectivity index (χ2n) is 8.75. The van der Waals surface area contributed by atoms with E-state index < -0.39 is 40.6 Å². The van der Waals surface area contributed by atoms with Crippen LogP contribution in [0, 0.1) is 0 Å². The molecule has 198 valence electrons. The number of hydrogen-bond acceptors (Lipinski definition) is 8. The summed E-state index contributed by atoms with van der Waals surface area (Å²) in [5, 5.41) is 16.4. The monoisotopic (exact) mass is 530 g/mol. The highest BCUT2D eigenvalue weighted by Gasteiger charge is 2.32. The van der Waals surface area contributed by atoms with Crippen molar-refractivity contribution < 1.29 is 28.0 Å². The van der Waals surface area contributed by atoms with Crippen molar-refractivity contribution in [3.8, 4) is 0 Å². The van der Waals surface area contributed by atoms with Gasteiger partial charge in [-0.15, -0.1) is 0 Å². The first-order chi connectivity index (χ1) is 17.8. The van der Waals surface area contributed by atoms with Crippen molar-refractivity contribution in [3.05, 3.63) is 54.9 Å². The molecule has 3 unspecified atom stereocenters. The minimum absolute atomic E-state index is 0.0144. The molecule has 0 saturated carbocycles. The molecule has 1 saturated heterocycles. The van der Waals surface area contributed by atoms with Gasteiger partial charge in [0, 0.05) is 43.3 Å². The van der Waals surface area contributed by atoms with Gasteiger partial charge in [-0.3, -0.25) is 14.4 Å². The number of aliphatic carboxylic acids is 1. The Labute approximate surface area is 214 Å². The van der Waals surface area contributed by atoms with E-state index in [1.807, 2.05) is 0 Å². The lowest BCUT2D eigenvalue weighted by Gasteiger charge is -2.17. The number of nitrogens with one attached hydrogen (secondary N) is 5. The van der Waals surface area contributed by atoms with Crippen molar-refractivity contribution in [1.82, 2.24) is 25.5 Å². The number of carbonyl (C=O) groups is 2. The smallest absolute Gasteiger partial charge is 0.323 e. The topological polar surface area (TPSA) is 175 Å². The van der Waals surface area contributed by atoms with E-state index >= 15 is 0 Å². The zero-order valence-electron chi connectivity index (χ0n) is 20.0. The summed E-state index contributed by atoms with van der Waals surface area (Å²) in [7, 11) is -4.17. The predicted molar refractivity (Wildman–Crippen MR) is 136 cm³/mol. The van der Waals surface area contributed by atoms with E-state index in [0.29, 0.717) is 17.2 Å². The lowest BCUT2D eigenvalue weighted by atomic mass is 10.0. The van der Waals surface area contributed by atoms with E-state index in [1.54, 1.807) is 48.8 Å². The molecule has 1 aliphatic heterocycles. The summed E-state index contributed by atoms with van der Waals surface area (Å²) in [5.41, 5.74) is 2.85. The number of unbranched alkanes of at least 4 members (excludes halogenated alkanes) is 1. The van der Waals surface area contributed by atoms with Gasteiger partial charge in [-0.1, -0.05) is 42.8 Å². The molecule has 0 bridgehead atoms. The van der Waals surface area contributed by atoms with Gasteiger partial charge in [0.15, 0.2) is 12.1 Å². The third-order valence-corrected chi connectivity index (χ3v) is 7.58. The quantitative estimate of drug-likeness (QED) is 0.178. The lowest BCUT2D eigenvalue weighted by molar-refractivity contribution is -0.139. The number of anilines is 1. The molecule has 4 rings (SSSR count). The maximum absolute atomic E-state index is 13.0. The number of carboxylic acids is 1. The van der Waals surface area contributed by atoms with Gasteiger partial charge >= 0.3 is 5.97 Å². The number of rotatable bonds is 13. The van der Waals surface area contributed by atoms with Gasteiger partial charge in [0.25, 0.3) is 5.91 Å². The van der Waals surface area contributed by atoms with Gasteiger partial charge in [0.2, 0.25) is 10.0 Å². The summed E-state index contributed by atoms with van der Waals surface area (Å²) in [6, 6.07) is 10.1. The fourth-order valence-corrected chi connectivity index (χ4v) is 5.55. The number of imidazole rings is 1. The Hall–Kier alpha value is -3.52. The van der Waals surface area contributed by atoms with Crippen molar-refractivity contribution in [3.63, 3.8) is 0 Å². The second kappa shape index (κ2) is 12.1. The fourth-order valence-electron chi connectivity index (χ4n) is 4.13. The Morgan fingerprint density at radius 2 is 1.97 bits per heavy atom. The Kier molecular flexibility index (Phi) is 8.71. The highest BCUT2D eigenvalue weighted by Crippen LogP contribution is 2.23. The molecule has 1 aromatic heterocycles. The molecular formula is C24H30N6O6S. The summed E-state index contributed by atoms with van der Waals surface area (Å²) in [5.74, 6) is -1.20. The van der Waals surface area contributed by atoms with E-state index in [9.17, 15) is 23.1 Å². The number of nitrogens with zero attached hydrogens (tertiary/aromatic N) is 1. The fraction of sp³-hybridized carbons (Fsp3) is 0.375. The minimum atomic E-state index is -4.17. The van der Waals surface area contributed by atoms with Crippen molar-refractivity contribution in [2.75, 3.05) is 18.4 Å². The molecule has 6 N–H and O–H groups in total. The van der Waals surface area contributed by atoms with Crippen LogP contribution < -0.4 is 20.8 Å². The van der Waals surface area contributed by atoms with Crippen LogP contribution >= 0.6 is 0 Å². The summed E-state index contributed by atoms with van der Waals surface area (Å²) >= 11 is 0. The van der Waals surface area contributed by atoms with E-state index in [-0.39, 0.29) is 10.9 Å². The number of aromatic nitrogens is 2. The second-order valence-corrected chi connectivity index (χ2v) is 10.4. The predicted octanol–water partition coefficient (Wildman–Crippen LogP) is 1.36. The first-order valence-corrected chi connectivity index (χ1v) is 13.5. The van der Waals surface area contributed by atoms with Gasteiger partial charge in [0.05, 0.1) is 4.90 Å². The average molecular weight is 531 g/mol. The van der Waals surface area contributed by atoms with Gasteiger partial charge in [-0.25, -0.2) is 13.4 Å². The summed E-state index contributed by atoms with van der Waals surface area (Å²) in [4.78, 5) is 36.7. The lowest BCUT2D eigenvalue weighted by Crippen LogP contribution is -2.50. The number of H-pyrrole nitrogens is 1. The van der Waals surface area contributed by atoms with E-state index in [2.05, 4.69) is 30.8 Å². The Morgan fingerprint density at radius 1 is 1.16 bits per heavy atom. The third-order valence-electron chi connectivity index (χ3n) is 6.05. The van der Waals surface area contributed by atoms with Crippen molar-refractivity contribution in [2.45, 2.75) is 48.8 Å². The van der Waals surface area contributed by atoms with Crippen LogP contribution in [0.25, 0.3) is 10.8 Å². The van der Waals surface area contributed by atoms with Crippen molar-refractivity contribution >= 4 is 38.6 Å². The van der Waals surface area contributed by atoms with Crippen LogP contribution in [0.3, 0.4) is 0 Å². The SMILES string of the molecule is O=C(O)C(CNC(=O)C1CC(CCCCNc2ncc[nH]2)NO1)NS(=O)(=O)c1cccc2ccccc12. The van der Waals surface area contributed by atoms with Crippen LogP contribution in [0.2, 0.25) is 0 Å². The highest BCUT2D eigenvalue weighted by atomic mass is 32.2. The van der Waals surface area contributed by atoms with Crippen LogP contribution in [-0.2, 0) is 24.4 Å². The number of amides is 1. The largest absolute Gasteiger partial charge is 0.480 e. The number of carboxylic acid groups (broad SMARTS) is 1. The van der Waals surface area contributed by atoms with Gasteiger partial charge in [-0.2, -0.15) is 10.2 Å². The normalized spacial score (nSPS) is 18.5. The molecule has 3 atom stereocenters. The maximum atomic E-state index is 13.0. The number of carbonyl (C=O) groups excluding carboxylic acids is 1. The Morgan fingerprint density at radius 3 is 2.76 bits per heavy atom.